The van der Waals surface area contributed by atoms with E-state index >= 15 is 0 Å². The Morgan fingerprint density at radius 3 is 2.42 bits per heavy atom. The van der Waals surface area contributed by atoms with Crippen LogP contribution in [0.2, 0.25) is 0 Å². The zero-order valence-electron chi connectivity index (χ0n) is 15.7. The van der Waals surface area contributed by atoms with Crippen LogP contribution >= 0.6 is 0 Å². The first-order valence-electron chi connectivity index (χ1n) is 8.89. The Bertz CT molecular complexity index is 683. The van der Waals surface area contributed by atoms with Crippen LogP contribution in [0.15, 0.2) is 18.2 Å². The average molecular weight is 362 g/mol. The van der Waals surface area contributed by atoms with E-state index in [0.29, 0.717) is 36.8 Å². The molecule has 0 radical (unpaired) electrons. The van der Waals surface area contributed by atoms with E-state index in [-0.39, 0.29) is 36.4 Å². The van der Waals surface area contributed by atoms with Crippen molar-refractivity contribution in [2.45, 2.75) is 32.5 Å². The maximum absolute atomic E-state index is 12.9. The van der Waals surface area contributed by atoms with Gasteiger partial charge in [-0.1, -0.05) is 0 Å². The molecule has 3 rings (SSSR count). The smallest absolute Gasteiger partial charge is 0.228 e. The molecule has 0 aliphatic carbocycles. The highest BCUT2D eigenvalue weighted by atomic mass is 16.5. The van der Waals surface area contributed by atoms with Gasteiger partial charge in [0.05, 0.1) is 38.0 Å². The summed E-state index contributed by atoms with van der Waals surface area (Å²) < 4.78 is 16.3. The molecule has 1 aromatic rings. The van der Waals surface area contributed by atoms with E-state index in [1.54, 1.807) is 37.3 Å². The number of rotatable bonds is 4. The third-order valence-corrected chi connectivity index (χ3v) is 4.88. The fourth-order valence-corrected chi connectivity index (χ4v) is 3.73. The fraction of sp³-hybridized carbons (Fsp3) is 0.579. The van der Waals surface area contributed by atoms with Gasteiger partial charge in [-0.05, 0) is 26.0 Å². The van der Waals surface area contributed by atoms with Crippen molar-refractivity contribution in [3.05, 3.63) is 18.2 Å². The average Bonchev–Trinajstić information content (AvgIpc) is 3.01. The molecule has 7 nitrogen and oxygen atoms in total. The van der Waals surface area contributed by atoms with Gasteiger partial charge >= 0.3 is 0 Å². The second-order valence-corrected chi connectivity index (χ2v) is 6.94. The number of ether oxygens (including phenoxy) is 3. The summed E-state index contributed by atoms with van der Waals surface area (Å²) in [5.74, 6) is 0.810. The second kappa shape index (κ2) is 7.53. The molecule has 3 atom stereocenters. The first kappa shape index (κ1) is 18.5. The Labute approximate surface area is 153 Å². The lowest BCUT2D eigenvalue weighted by atomic mass is 10.1. The first-order valence-corrected chi connectivity index (χ1v) is 8.89. The number of carbonyl (C=O) groups is 2. The van der Waals surface area contributed by atoms with Crippen LogP contribution in [0, 0.1) is 5.92 Å². The molecule has 2 aliphatic heterocycles. The van der Waals surface area contributed by atoms with Crippen molar-refractivity contribution in [1.82, 2.24) is 4.90 Å². The molecule has 7 heteroatoms. The Morgan fingerprint density at radius 1 is 1.12 bits per heavy atom. The van der Waals surface area contributed by atoms with Crippen LogP contribution in [0.4, 0.5) is 5.69 Å². The summed E-state index contributed by atoms with van der Waals surface area (Å²) in [5, 5.41) is 0. The number of morpholine rings is 1. The molecule has 0 bridgehead atoms. The van der Waals surface area contributed by atoms with Gasteiger partial charge in [-0.2, -0.15) is 0 Å². The number of carbonyl (C=O) groups excluding carboxylic acids is 2. The van der Waals surface area contributed by atoms with Crippen molar-refractivity contribution < 1.29 is 23.8 Å². The molecule has 0 unspecified atom stereocenters. The highest BCUT2D eigenvalue weighted by Crippen LogP contribution is 2.36. The summed E-state index contributed by atoms with van der Waals surface area (Å²) in [5.41, 5.74) is 0.635. The van der Waals surface area contributed by atoms with Crippen LogP contribution in [0.1, 0.15) is 20.3 Å². The molecule has 2 amide bonds. The Balaban J connectivity index is 1.77. The quantitative estimate of drug-likeness (QED) is 0.815. The molecule has 0 N–H and O–H groups in total. The van der Waals surface area contributed by atoms with Gasteiger partial charge in [0.1, 0.15) is 11.5 Å². The molecule has 26 heavy (non-hydrogen) atoms. The van der Waals surface area contributed by atoms with Crippen molar-refractivity contribution >= 4 is 17.5 Å². The molecule has 0 aromatic heterocycles. The third kappa shape index (κ3) is 3.62. The molecular formula is C19H26N2O5. The number of hydrogen-bond donors (Lipinski definition) is 0. The van der Waals surface area contributed by atoms with Gasteiger partial charge in [-0.15, -0.1) is 0 Å². The van der Waals surface area contributed by atoms with Crippen LogP contribution in [0.3, 0.4) is 0 Å². The van der Waals surface area contributed by atoms with Crippen LogP contribution in [-0.2, 0) is 14.3 Å². The maximum Gasteiger partial charge on any atom is 0.228 e. The van der Waals surface area contributed by atoms with Gasteiger partial charge in [0.15, 0.2) is 0 Å². The van der Waals surface area contributed by atoms with Gasteiger partial charge in [0, 0.05) is 32.1 Å². The van der Waals surface area contributed by atoms with E-state index in [1.807, 2.05) is 18.7 Å². The Kier molecular flexibility index (Phi) is 5.36. The molecule has 0 saturated carbocycles. The summed E-state index contributed by atoms with van der Waals surface area (Å²) >= 11 is 0. The van der Waals surface area contributed by atoms with E-state index in [9.17, 15) is 9.59 Å². The number of amides is 2. The van der Waals surface area contributed by atoms with Crippen molar-refractivity contribution in [2.75, 3.05) is 38.8 Å². The lowest BCUT2D eigenvalue weighted by molar-refractivity contribution is -0.147. The van der Waals surface area contributed by atoms with E-state index in [0.717, 1.165) is 0 Å². The van der Waals surface area contributed by atoms with Crippen LogP contribution in [0.25, 0.3) is 0 Å². The highest BCUT2D eigenvalue weighted by molar-refractivity contribution is 6.01. The highest BCUT2D eigenvalue weighted by Gasteiger charge is 2.39. The molecule has 2 aliphatic rings. The van der Waals surface area contributed by atoms with Crippen LogP contribution < -0.4 is 14.4 Å². The molecule has 2 heterocycles. The number of benzene rings is 1. The second-order valence-electron chi connectivity index (χ2n) is 6.94. The summed E-state index contributed by atoms with van der Waals surface area (Å²) in [6.45, 7) is 5.40. The fourth-order valence-electron chi connectivity index (χ4n) is 3.73. The lowest BCUT2D eigenvalue weighted by Crippen LogP contribution is -2.50. The topological polar surface area (TPSA) is 68.3 Å². The molecular weight excluding hydrogens is 336 g/mol. The third-order valence-electron chi connectivity index (χ3n) is 4.88. The maximum atomic E-state index is 12.9. The van der Waals surface area contributed by atoms with Gasteiger partial charge in [-0.3, -0.25) is 9.59 Å². The summed E-state index contributed by atoms with van der Waals surface area (Å²) in [7, 11) is 3.13. The van der Waals surface area contributed by atoms with Gasteiger partial charge < -0.3 is 24.0 Å². The van der Waals surface area contributed by atoms with Crippen LogP contribution in [0.5, 0.6) is 11.5 Å². The van der Waals surface area contributed by atoms with Crippen molar-refractivity contribution in [3.63, 3.8) is 0 Å². The minimum Gasteiger partial charge on any atom is -0.497 e. The summed E-state index contributed by atoms with van der Waals surface area (Å²) in [6.07, 6.45) is 0.225. The lowest BCUT2D eigenvalue weighted by Gasteiger charge is -2.36. The standard InChI is InChI=1S/C19H26N2O5/c1-12-9-20(10-13(2)26-12)19(23)14-7-18(22)21(11-14)16-8-15(24-3)5-6-17(16)25-4/h5-6,8,12-14H,7,9-11H2,1-4H3/t12-,13+,14-/m1/s1. The van der Waals surface area contributed by atoms with E-state index in [4.69, 9.17) is 14.2 Å². The molecule has 142 valence electrons. The minimum atomic E-state index is -0.351. The van der Waals surface area contributed by atoms with E-state index in [2.05, 4.69) is 0 Å². The Morgan fingerprint density at radius 2 is 1.81 bits per heavy atom. The van der Waals surface area contributed by atoms with E-state index < -0.39 is 0 Å². The molecule has 2 saturated heterocycles. The van der Waals surface area contributed by atoms with E-state index in [1.165, 1.54) is 0 Å². The number of nitrogens with zero attached hydrogens (tertiary/aromatic N) is 2. The SMILES string of the molecule is COc1ccc(OC)c(N2C[C@H](C(=O)N3C[C@@H](C)O[C@@H](C)C3)CC2=O)c1. The van der Waals surface area contributed by atoms with Gasteiger partial charge in [0.25, 0.3) is 0 Å². The molecule has 0 spiro atoms. The van der Waals surface area contributed by atoms with Crippen molar-refractivity contribution in [1.29, 1.82) is 0 Å². The van der Waals surface area contributed by atoms with Gasteiger partial charge in [-0.25, -0.2) is 0 Å². The Hall–Kier alpha value is -2.28. The van der Waals surface area contributed by atoms with Crippen molar-refractivity contribution in [3.8, 4) is 11.5 Å². The predicted molar refractivity (Wildman–Crippen MR) is 96.6 cm³/mol. The zero-order chi connectivity index (χ0) is 18.8. The summed E-state index contributed by atoms with van der Waals surface area (Å²) in [4.78, 5) is 29.0. The number of hydrogen-bond acceptors (Lipinski definition) is 5. The monoisotopic (exact) mass is 362 g/mol. The normalized spacial score (nSPS) is 26.2. The van der Waals surface area contributed by atoms with Gasteiger partial charge in [0.2, 0.25) is 11.8 Å². The first-order chi connectivity index (χ1) is 12.4. The number of anilines is 1. The minimum absolute atomic E-state index is 0.00869. The number of methoxy groups -OCH3 is 2. The summed E-state index contributed by atoms with van der Waals surface area (Å²) in [6, 6.07) is 5.31. The zero-order valence-corrected chi connectivity index (χ0v) is 15.7. The molecule has 2 fully saturated rings. The van der Waals surface area contributed by atoms with Crippen LogP contribution in [-0.4, -0.2) is 62.8 Å². The molecule has 1 aromatic carbocycles. The largest absolute Gasteiger partial charge is 0.497 e. The van der Waals surface area contributed by atoms with Crippen molar-refractivity contribution in [2.24, 2.45) is 5.92 Å². The predicted octanol–water partition coefficient (Wildman–Crippen LogP) is 1.69.